The van der Waals surface area contributed by atoms with Crippen LogP contribution in [0.1, 0.15) is 26.7 Å². The lowest BCUT2D eigenvalue weighted by Gasteiger charge is -2.39. The highest BCUT2D eigenvalue weighted by Crippen LogP contribution is 2.22. The van der Waals surface area contributed by atoms with Crippen LogP contribution >= 0.6 is 0 Å². The van der Waals surface area contributed by atoms with Crippen molar-refractivity contribution in [3.05, 3.63) is 23.3 Å². The molecule has 0 aromatic heterocycles. The van der Waals surface area contributed by atoms with Gasteiger partial charge in [-0.05, 0) is 26.7 Å². The normalized spacial score (nSPS) is 33.1. The van der Waals surface area contributed by atoms with E-state index in [0.29, 0.717) is 0 Å². The number of hydrogen-bond donors (Lipinski definition) is 5. The van der Waals surface area contributed by atoms with E-state index in [-0.39, 0.29) is 13.2 Å². The molecule has 1 aliphatic rings. The van der Waals surface area contributed by atoms with Gasteiger partial charge in [-0.2, -0.15) is 0 Å². The number of aliphatic hydroxyl groups excluding tert-OH is 5. The highest BCUT2D eigenvalue weighted by molar-refractivity contribution is 5.04. The molecule has 0 aliphatic carbocycles. The van der Waals surface area contributed by atoms with E-state index in [1.807, 2.05) is 19.9 Å². The fraction of sp³-hybridized carbons (Fsp3) is 0.750. The number of hydrogen-bond acceptors (Lipinski definition) is 7. The number of aliphatic hydroxyl groups is 5. The van der Waals surface area contributed by atoms with Gasteiger partial charge in [-0.3, -0.25) is 0 Å². The Morgan fingerprint density at radius 1 is 1.00 bits per heavy atom. The molecule has 7 heteroatoms. The maximum absolute atomic E-state index is 9.85. The monoisotopic (exact) mass is 332 g/mol. The van der Waals surface area contributed by atoms with E-state index in [1.54, 1.807) is 6.08 Å². The second-order valence-corrected chi connectivity index (χ2v) is 5.83. The molecule has 1 fully saturated rings. The van der Waals surface area contributed by atoms with Crippen molar-refractivity contribution in [1.82, 2.24) is 0 Å². The first-order valence-corrected chi connectivity index (χ1v) is 7.75. The average Bonchev–Trinajstić information content (AvgIpc) is 2.52. The van der Waals surface area contributed by atoms with Crippen molar-refractivity contribution in [2.24, 2.45) is 0 Å². The molecule has 0 spiro atoms. The van der Waals surface area contributed by atoms with Gasteiger partial charge in [0.25, 0.3) is 0 Å². The first-order chi connectivity index (χ1) is 10.9. The van der Waals surface area contributed by atoms with Crippen LogP contribution in [0.2, 0.25) is 0 Å². The van der Waals surface area contributed by atoms with Crippen molar-refractivity contribution in [3.8, 4) is 0 Å². The minimum atomic E-state index is -1.43. The molecule has 7 nitrogen and oxygen atoms in total. The molecule has 1 aliphatic heterocycles. The summed E-state index contributed by atoms with van der Waals surface area (Å²) in [5.74, 6) is 0. The standard InChI is InChI=1S/C16H28O7/c1-10(6-7-17)4-3-5-11(2)9-22-16-15(21)14(20)13(19)12(8-18)23-16/h5-6,12-21H,3-4,7-9H2,1-2H3/b10-6-,11-5+/t12-,13-,14+,15-,16+/m0/s1. The third-order valence-corrected chi connectivity index (χ3v) is 3.79. The van der Waals surface area contributed by atoms with Gasteiger partial charge in [-0.15, -0.1) is 0 Å². The van der Waals surface area contributed by atoms with Crippen LogP contribution in [0.3, 0.4) is 0 Å². The molecule has 134 valence electrons. The van der Waals surface area contributed by atoms with Gasteiger partial charge in [0.2, 0.25) is 0 Å². The van der Waals surface area contributed by atoms with E-state index < -0.39 is 37.3 Å². The predicted molar refractivity (Wildman–Crippen MR) is 83.6 cm³/mol. The molecule has 1 saturated heterocycles. The lowest BCUT2D eigenvalue weighted by Crippen LogP contribution is -2.59. The maximum atomic E-state index is 9.85. The van der Waals surface area contributed by atoms with E-state index in [4.69, 9.17) is 19.7 Å². The molecule has 1 rings (SSSR count). The Morgan fingerprint density at radius 2 is 1.70 bits per heavy atom. The van der Waals surface area contributed by atoms with Gasteiger partial charge in [0, 0.05) is 0 Å². The lowest BCUT2D eigenvalue weighted by molar-refractivity contribution is -0.299. The van der Waals surface area contributed by atoms with Crippen LogP contribution in [-0.4, -0.2) is 76.1 Å². The van der Waals surface area contributed by atoms with Crippen molar-refractivity contribution in [3.63, 3.8) is 0 Å². The first kappa shape index (κ1) is 20.2. The largest absolute Gasteiger partial charge is 0.394 e. The molecule has 0 amide bonds. The fourth-order valence-electron chi connectivity index (χ4n) is 2.28. The van der Waals surface area contributed by atoms with E-state index in [9.17, 15) is 15.3 Å². The molecule has 0 bridgehead atoms. The van der Waals surface area contributed by atoms with Gasteiger partial charge >= 0.3 is 0 Å². The minimum Gasteiger partial charge on any atom is -0.394 e. The highest BCUT2D eigenvalue weighted by atomic mass is 16.7. The Labute approximate surface area is 136 Å². The van der Waals surface area contributed by atoms with Gasteiger partial charge in [-0.25, -0.2) is 0 Å². The minimum absolute atomic E-state index is 0.0365. The van der Waals surface area contributed by atoms with Crippen molar-refractivity contribution in [1.29, 1.82) is 0 Å². The van der Waals surface area contributed by atoms with Crippen LogP contribution < -0.4 is 0 Å². The molecular weight excluding hydrogens is 304 g/mol. The summed E-state index contributed by atoms with van der Waals surface area (Å²) in [5.41, 5.74) is 2.03. The van der Waals surface area contributed by atoms with Crippen LogP contribution in [0.5, 0.6) is 0 Å². The molecule has 0 unspecified atom stereocenters. The van der Waals surface area contributed by atoms with Crippen molar-refractivity contribution < 1.29 is 35.0 Å². The SMILES string of the molecule is C/C(=C/CO)CC/C=C(\C)CO[C@@H]1O[C@@H](CO)[C@H](O)[C@@H](O)[C@@H]1O. The van der Waals surface area contributed by atoms with Crippen molar-refractivity contribution in [2.75, 3.05) is 19.8 Å². The summed E-state index contributed by atoms with van der Waals surface area (Å²) < 4.78 is 10.7. The second-order valence-electron chi connectivity index (χ2n) is 5.83. The summed E-state index contributed by atoms with van der Waals surface area (Å²) in [6.45, 7) is 3.58. The first-order valence-electron chi connectivity index (χ1n) is 7.75. The molecule has 5 atom stereocenters. The van der Waals surface area contributed by atoms with Crippen LogP contribution in [0.25, 0.3) is 0 Å². The number of rotatable bonds is 8. The Hall–Kier alpha value is -0.800. The van der Waals surface area contributed by atoms with Crippen LogP contribution in [0.4, 0.5) is 0 Å². The van der Waals surface area contributed by atoms with Crippen molar-refractivity contribution in [2.45, 2.75) is 57.4 Å². The van der Waals surface area contributed by atoms with Gasteiger partial charge < -0.3 is 35.0 Å². The Balaban J connectivity index is 2.45. The molecule has 0 radical (unpaired) electrons. The summed E-state index contributed by atoms with van der Waals surface area (Å²) >= 11 is 0. The maximum Gasteiger partial charge on any atom is 0.187 e. The molecule has 23 heavy (non-hydrogen) atoms. The van der Waals surface area contributed by atoms with Crippen molar-refractivity contribution >= 4 is 0 Å². The highest BCUT2D eigenvalue weighted by Gasteiger charge is 2.43. The smallest absolute Gasteiger partial charge is 0.187 e. The predicted octanol–water partition coefficient (Wildman–Crippen LogP) is -0.532. The third kappa shape index (κ3) is 6.31. The van der Waals surface area contributed by atoms with Gasteiger partial charge in [0.1, 0.15) is 24.4 Å². The lowest BCUT2D eigenvalue weighted by atomic mass is 9.99. The number of ether oxygens (including phenoxy) is 2. The molecule has 5 N–H and O–H groups in total. The molecule has 0 aromatic rings. The Kier molecular flexibility index (Phi) is 8.93. The van der Waals surface area contributed by atoms with Gasteiger partial charge in [-0.1, -0.05) is 23.3 Å². The van der Waals surface area contributed by atoms with Gasteiger partial charge in [0.05, 0.1) is 19.8 Å². The summed E-state index contributed by atoms with van der Waals surface area (Å²) in [5, 5.41) is 47.1. The summed E-state index contributed by atoms with van der Waals surface area (Å²) in [6.07, 6.45) is -0.889. The summed E-state index contributed by atoms with van der Waals surface area (Å²) in [7, 11) is 0. The molecular formula is C16H28O7. The quantitative estimate of drug-likeness (QED) is 0.379. The summed E-state index contributed by atoms with van der Waals surface area (Å²) in [6, 6.07) is 0. The molecule has 1 heterocycles. The van der Waals surface area contributed by atoms with Crippen LogP contribution in [0.15, 0.2) is 23.3 Å². The Morgan fingerprint density at radius 3 is 2.30 bits per heavy atom. The van der Waals surface area contributed by atoms with Crippen LogP contribution in [0, 0.1) is 0 Å². The van der Waals surface area contributed by atoms with E-state index in [0.717, 1.165) is 24.0 Å². The molecule has 0 aromatic carbocycles. The third-order valence-electron chi connectivity index (χ3n) is 3.79. The average molecular weight is 332 g/mol. The Bertz CT molecular complexity index is 405. The van der Waals surface area contributed by atoms with Gasteiger partial charge in [0.15, 0.2) is 6.29 Å². The topological polar surface area (TPSA) is 120 Å². The van der Waals surface area contributed by atoms with Crippen LogP contribution in [-0.2, 0) is 9.47 Å². The fourth-order valence-corrected chi connectivity index (χ4v) is 2.28. The zero-order valence-corrected chi connectivity index (χ0v) is 13.6. The second kappa shape index (κ2) is 10.1. The van der Waals surface area contributed by atoms with E-state index >= 15 is 0 Å². The zero-order chi connectivity index (χ0) is 17.4. The zero-order valence-electron chi connectivity index (χ0n) is 13.6. The van der Waals surface area contributed by atoms with E-state index in [2.05, 4.69) is 0 Å². The number of allylic oxidation sites excluding steroid dienone is 2. The summed E-state index contributed by atoms with van der Waals surface area (Å²) in [4.78, 5) is 0. The molecule has 0 saturated carbocycles. The van der Waals surface area contributed by atoms with E-state index in [1.165, 1.54) is 0 Å².